The second-order valence-corrected chi connectivity index (χ2v) is 5.62. The molecular weight excluding hydrogens is 304 g/mol. The molecule has 0 radical (unpaired) electrons. The molecule has 0 N–H and O–H groups in total. The van der Waals surface area contributed by atoms with Crippen molar-refractivity contribution in [3.8, 4) is 0 Å². The van der Waals surface area contributed by atoms with Gasteiger partial charge in [-0.2, -0.15) is 0 Å². The molecule has 0 fully saturated rings. The van der Waals surface area contributed by atoms with E-state index in [1.807, 2.05) is 60.7 Å². The third-order valence-electron chi connectivity index (χ3n) is 4.13. The van der Waals surface area contributed by atoms with Gasteiger partial charge in [0.25, 0.3) is 0 Å². The van der Waals surface area contributed by atoms with Crippen LogP contribution < -0.4 is 0 Å². The summed E-state index contributed by atoms with van der Waals surface area (Å²) in [6.45, 7) is 0. The van der Waals surface area contributed by atoms with E-state index in [2.05, 4.69) is 0 Å². The molecular formula is C20H22O4. The van der Waals surface area contributed by atoms with E-state index in [1.165, 1.54) is 14.2 Å². The van der Waals surface area contributed by atoms with Crippen molar-refractivity contribution < 1.29 is 19.1 Å². The minimum absolute atomic E-state index is 0.00440. The summed E-state index contributed by atoms with van der Waals surface area (Å²) >= 11 is 0. The Morgan fingerprint density at radius 3 is 2.00 bits per heavy atom. The number of rotatable bonds is 7. The van der Waals surface area contributed by atoms with E-state index in [0.717, 1.165) is 11.1 Å². The van der Waals surface area contributed by atoms with E-state index in [-0.39, 0.29) is 12.3 Å². The Kier molecular flexibility index (Phi) is 6.55. The highest BCUT2D eigenvalue weighted by atomic mass is 16.5. The summed E-state index contributed by atoms with van der Waals surface area (Å²) < 4.78 is 9.72. The van der Waals surface area contributed by atoms with Gasteiger partial charge in [-0.05, 0) is 17.5 Å². The fraction of sp³-hybridized carbons (Fsp3) is 0.300. The van der Waals surface area contributed by atoms with E-state index in [1.54, 1.807) is 0 Å². The normalized spacial score (nSPS) is 12.9. The lowest BCUT2D eigenvalue weighted by atomic mass is 9.80. The molecule has 0 aromatic heterocycles. The third-order valence-corrected chi connectivity index (χ3v) is 4.13. The molecule has 0 aliphatic heterocycles. The van der Waals surface area contributed by atoms with Gasteiger partial charge in [-0.15, -0.1) is 0 Å². The predicted molar refractivity (Wildman–Crippen MR) is 91.5 cm³/mol. The van der Waals surface area contributed by atoms with Gasteiger partial charge in [-0.25, -0.2) is 0 Å². The molecule has 0 saturated heterocycles. The molecule has 0 aliphatic rings. The molecule has 0 saturated carbocycles. The summed E-state index contributed by atoms with van der Waals surface area (Å²) in [7, 11) is 2.67. The molecule has 2 aromatic rings. The Bertz CT molecular complexity index is 652. The van der Waals surface area contributed by atoms with Crippen LogP contribution in [-0.2, 0) is 25.5 Å². The summed E-state index contributed by atoms with van der Waals surface area (Å²) in [5.41, 5.74) is 2.10. The SMILES string of the molecule is COC(=O)CC(C(=O)OC)C(Cc1ccccc1)c1ccccc1. The van der Waals surface area contributed by atoms with Crippen molar-refractivity contribution in [3.05, 3.63) is 71.8 Å². The van der Waals surface area contributed by atoms with Gasteiger partial charge in [0.15, 0.2) is 0 Å². The summed E-state index contributed by atoms with van der Waals surface area (Å²) in [6, 6.07) is 19.6. The highest BCUT2D eigenvalue weighted by Gasteiger charge is 2.33. The number of carbonyl (C=O) groups excluding carboxylic acids is 2. The van der Waals surface area contributed by atoms with Crippen LogP contribution in [0.4, 0.5) is 0 Å². The zero-order chi connectivity index (χ0) is 17.4. The predicted octanol–water partition coefficient (Wildman–Crippen LogP) is 3.37. The molecule has 126 valence electrons. The molecule has 4 nitrogen and oxygen atoms in total. The molecule has 2 unspecified atom stereocenters. The summed E-state index contributed by atoms with van der Waals surface area (Å²) in [6.07, 6.45) is 0.636. The largest absolute Gasteiger partial charge is 0.469 e. The molecule has 0 spiro atoms. The van der Waals surface area contributed by atoms with Crippen molar-refractivity contribution in [3.63, 3.8) is 0 Å². The Morgan fingerprint density at radius 1 is 0.875 bits per heavy atom. The smallest absolute Gasteiger partial charge is 0.309 e. The first-order chi connectivity index (χ1) is 11.7. The van der Waals surface area contributed by atoms with E-state index in [4.69, 9.17) is 9.47 Å². The number of benzene rings is 2. The quantitative estimate of drug-likeness (QED) is 0.732. The monoisotopic (exact) mass is 326 g/mol. The Labute approximate surface area is 142 Å². The van der Waals surface area contributed by atoms with Crippen molar-refractivity contribution >= 4 is 11.9 Å². The standard InChI is InChI=1S/C20H22O4/c1-23-19(21)14-18(20(22)24-2)17(16-11-7-4-8-12-16)13-15-9-5-3-6-10-15/h3-12,17-18H,13-14H2,1-2H3. The molecule has 0 heterocycles. The van der Waals surface area contributed by atoms with Crippen LogP contribution in [-0.4, -0.2) is 26.2 Å². The van der Waals surface area contributed by atoms with Gasteiger partial charge in [0.2, 0.25) is 0 Å². The van der Waals surface area contributed by atoms with Crippen LogP contribution in [0.2, 0.25) is 0 Å². The van der Waals surface area contributed by atoms with Gasteiger partial charge >= 0.3 is 11.9 Å². The number of ether oxygens (including phenoxy) is 2. The summed E-state index contributed by atoms with van der Waals surface area (Å²) in [5.74, 6) is -1.57. The molecule has 2 rings (SSSR count). The zero-order valence-electron chi connectivity index (χ0n) is 14.0. The second-order valence-electron chi connectivity index (χ2n) is 5.62. The van der Waals surface area contributed by atoms with Crippen molar-refractivity contribution in [2.24, 2.45) is 5.92 Å². The first kappa shape index (κ1) is 17.7. The lowest BCUT2D eigenvalue weighted by molar-refractivity contribution is -0.152. The highest BCUT2D eigenvalue weighted by molar-refractivity contribution is 5.80. The fourth-order valence-corrected chi connectivity index (χ4v) is 2.86. The Hall–Kier alpha value is -2.62. The lowest BCUT2D eigenvalue weighted by Crippen LogP contribution is -2.28. The van der Waals surface area contributed by atoms with Crippen LogP contribution in [0.5, 0.6) is 0 Å². The fourth-order valence-electron chi connectivity index (χ4n) is 2.86. The van der Waals surface area contributed by atoms with Crippen molar-refractivity contribution in [2.45, 2.75) is 18.8 Å². The minimum Gasteiger partial charge on any atom is -0.469 e. The maximum atomic E-state index is 12.3. The lowest BCUT2D eigenvalue weighted by Gasteiger charge is -2.25. The minimum atomic E-state index is -0.593. The van der Waals surface area contributed by atoms with Crippen LogP contribution in [0, 0.1) is 5.92 Å². The van der Waals surface area contributed by atoms with Crippen LogP contribution in [0.3, 0.4) is 0 Å². The molecule has 0 aliphatic carbocycles. The molecule has 2 aromatic carbocycles. The molecule has 0 amide bonds. The first-order valence-corrected chi connectivity index (χ1v) is 7.89. The number of carbonyl (C=O) groups is 2. The first-order valence-electron chi connectivity index (χ1n) is 7.89. The maximum absolute atomic E-state index is 12.3. The molecule has 24 heavy (non-hydrogen) atoms. The Balaban J connectivity index is 2.37. The van der Waals surface area contributed by atoms with Gasteiger partial charge in [0.1, 0.15) is 0 Å². The van der Waals surface area contributed by atoms with E-state index < -0.39 is 17.9 Å². The summed E-state index contributed by atoms with van der Waals surface area (Å²) in [4.78, 5) is 24.1. The van der Waals surface area contributed by atoms with Crippen molar-refractivity contribution in [1.29, 1.82) is 0 Å². The van der Waals surface area contributed by atoms with Crippen LogP contribution in [0.1, 0.15) is 23.5 Å². The number of hydrogen-bond acceptors (Lipinski definition) is 4. The maximum Gasteiger partial charge on any atom is 0.309 e. The van der Waals surface area contributed by atoms with Crippen LogP contribution in [0.25, 0.3) is 0 Å². The molecule has 4 heteroatoms. The number of esters is 2. The van der Waals surface area contributed by atoms with Gasteiger partial charge in [0, 0.05) is 5.92 Å². The van der Waals surface area contributed by atoms with Crippen LogP contribution >= 0.6 is 0 Å². The van der Waals surface area contributed by atoms with Gasteiger partial charge in [-0.3, -0.25) is 9.59 Å². The third kappa shape index (κ3) is 4.69. The Morgan fingerprint density at radius 2 is 1.46 bits per heavy atom. The van der Waals surface area contributed by atoms with Gasteiger partial charge in [-0.1, -0.05) is 60.7 Å². The average molecular weight is 326 g/mol. The van der Waals surface area contributed by atoms with E-state index in [0.29, 0.717) is 6.42 Å². The molecule has 2 atom stereocenters. The van der Waals surface area contributed by atoms with Gasteiger partial charge < -0.3 is 9.47 Å². The van der Waals surface area contributed by atoms with Crippen LogP contribution in [0.15, 0.2) is 60.7 Å². The molecule has 0 bridgehead atoms. The van der Waals surface area contributed by atoms with E-state index in [9.17, 15) is 9.59 Å². The van der Waals surface area contributed by atoms with E-state index >= 15 is 0 Å². The second kappa shape index (κ2) is 8.87. The highest BCUT2D eigenvalue weighted by Crippen LogP contribution is 2.32. The number of hydrogen-bond donors (Lipinski definition) is 0. The number of methoxy groups -OCH3 is 2. The summed E-state index contributed by atoms with van der Waals surface area (Å²) in [5, 5.41) is 0. The van der Waals surface area contributed by atoms with Gasteiger partial charge in [0.05, 0.1) is 26.6 Å². The topological polar surface area (TPSA) is 52.6 Å². The zero-order valence-corrected chi connectivity index (χ0v) is 14.0. The van der Waals surface area contributed by atoms with Crippen molar-refractivity contribution in [1.82, 2.24) is 0 Å². The average Bonchev–Trinajstić information content (AvgIpc) is 2.65. The van der Waals surface area contributed by atoms with Crippen molar-refractivity contribution in [2.75, 3.05) is 14.2 Å².